The molecule has 3 rings (SSSR count). The van der Waals surface area contributed by atoms with Gasteiger partial charge in [-0.25, -0.2) is 0 Å². The molecule has 0 bridgehead atoms. The number of anilines is 1. The number of amides is 2. The molecule has 5 heteroatoms. The monoisotopic (exact) mass is 404 g/mol. The summed E-state index contributed by atoms with van der Waals surface area (Å²) in [6, 6.07) is 27.0. The molecular weight excluding hydrogens is 380 g/mol. The van der Waals surface area contributed by atoms with Crippen LogP contribution in [0.25, 0.3) is 0 Å². The molecule has 0 radical (unpaired) electrons. The van der Waals surface area contributed by atoms with Gasteiger partial charge in [0.25, 0.3) is 5.91 Å². The van der Waals surface area contributed by atoms with E-state index in [1.165, 1.54) is 0 Å². The van der Waals surface area contributed by atoms with Crippen LogP contribution in [0.5, 0.6) is 0 Å². The van der Waals surface area contributed by atoms with Crippen LogP contribution in [-0.2, 0) is 17.1 Å². The fourth-order valence-electron chi connectivity index (χ4n) is 2.87. The maximum absolute atomic E-state index is 12.6. The second kappa shape index (κ2) is 10.5. The van der Waals surface area contributed by atoms with Crippen molar-refractivity contribution in [3.8, 4) is 0 Å². The second-order valence-electron chi connectivity index (χ2n) is 6.75. The molecule has 0 saturated heterocycles. The summed E-state index contributed by atoms with van der Waals surface area (Å²) in [5, 5.41) is 2.87. The molecule has 0 atom stereocenters. The van der Waals surface area contributed by atoms with Gasteiger partial charge in [0.1, 0.15) is 0 Å². The van der Waals surface area contributed by atoms with Crippen molar-refractivity contribution >= 4 is 29.3 Å². The number of para-hydroxylation sites is 1. The Morgan fingerprint density at radius 3 is 2.10 bits per heavy atom. The van der Waals surface area contributed by atoms with Crippen LogP contribution in [0.2, 0.25) is 0 Å². The molecule has 0 fully saturated rings. The standard InChI is InChI=1S/C24H24N2O2S/c1-26(16-19-8-4-2-5-9-19)24(28)21-14-12-20(13-15-21)17-29-18-23(27)25-22-10-6-3-7-11-22/h2-15H,16-18H2,1H3,(H,25,27). The Morgan fingerprint density at radius 1 is 0.828 bits per heavy atom. The van der Waals surface area contributed by atoms with Gasteiger partial charge in [-0.2, -0.15) is 0 Å². The molecular formula is C24H24N2O2S. The minimum atomic E-state index is -0.0180. The molecule has 0 aliphatic heterocycles. The average molecular weight is 405 g/mol. The van der Waals surface area contributed by atoms with E-state index in [-0.39, 0.29) is 11.8 Å². The lowest BCUT2D eigenvalue weighted by atomic mass is 10.1. The third kappa shape index (κ3) is 6.50. The van der Waals surface area contributed by atoms with E-state index in [0.717, 1.165) is 22.6 Å². The Hall–Kier alpha value is -3.05. The van der Waals surface area contributed by atoms with E-state index in [2.05, 4.69) is 5.32 Å². The van der Waals surface area contributed by atoms with E-state index >= 15 is 0 Å². The van der Waals surface area contributed by atoms with Gasteiger partial charge in [-0.05, 0) is 35.4 Å². The number of nitrogens with one attached hydrogen (secondary N) is 1. The number of hydrogen-bond acceptors (Lipinski definition) is 3. The topological polar surface area (TPSA) is 49.4 Å². The highest BCUT2D eigenvalue weighted by Crippen LogP contribution is 2.15. The zero-order chi connectivity index (χ0) is 20.5. The van der Waals surface area contributed by atoms with E-state index in [0.29, 0.717) is 17.9 Å². The summed E-state index contributed by atoms with van der Waals surface area (Å²) in [5.41, 5.74) is 3.66. The van der Waals surface area contributed by atoms with E-state index in [1.54, 1.807) is 16.7 Å². The van der Waals surface area contributed by atoms with Gasteiger partial charge in [0, 0.05) is 30.6 Å². The van der Waals surface area contributed by atoms with Crippen LogP contribution in [0, 0.1) is 0 Å². The average Bonchev–Trinajstić information content (AvgIpc) is 2.75. The van der Waals surface area contributed by atoms with Crippen LogP contribution in [0.15, 0.2) is 84.9 Å². The van der Waals surface area contributed by atoms with E-state index in [1.807, 2.05) is 92.0 Å². The molecule has 3 aromatic carbocycles. The number of carbonyl (C=O) groups excluding carboxylic acids is 2. The SMILES string of the molecule is CN(Cc1ccccc1)C(=O)c1ccc(CSCC(=O)Nc2ccccc2)cc1. The highest BCUT2D eigenvalue weighted by atomic mass is 32.2. The van der Waals surface area contributed by atoms with Crippen molar-refractivity contribution in [1.82, 2.24) is 4.90 Å². The lowest BCUT2D eigenvalue weighted by Gasteiger charge is -2.17. The first-order valence-corrected chi connectivity index (χ1v) is 10.6. The number of hydrogen-bond donors (Lipinski definition) is 1. The molecule has 0 unspecified atom stereocenters. The lowest BCUT2D eigenvalue weighted by Crippen LogP contribution is -2.26. The van der Waals surface area contributed by atoms with Gasteiger partial charge in [-0.3, -0.25) is 9.59 Å². The van der Waals surface area contributed by atoms with Gasteiger partial charge in [0.15, 0.2) is 0 Å². The highest BCUT2D eigenvalue weighted by molar-refractivity contribution is 7.99. The predicted molar refractivity (Wildman–Crippen MR) is 120 cm³/mol. The molecule has 3 aromatic rings. The van der Waals surface area contributed by atoms with Crippen molar-refractivity contribution in [3.63, 3.8) is 0 Å². The minimum Gasteiger partial charge on any atom is -0.337 e. The van der Waals surface area contributed by atoms with Crippen molar-refractivity contribution in [1.29, 1.82) is 0 Å². The summed E-state index contributed by atoms with van der Waals surface area (Å²) in [7, 11) is 1.81. The van der Waals surface area contributed by atoms with Gasteiger partial charge >= 0.3 is 0 Å². The van der Waals surface area contributed by atoms with E-state index in [4.69, 9.17) is 0 Å². The van der Waals surface area contributed by atoms with Gasteiger partial charge < -0.3 is 10.2 Å². The quantitative estimate of drug-likeness (QED) is 0.585. The Labute approximate surface area is 175 Å². The number of carbonyl (C=O) groups is 2. The third-order valence-corrected chi connectivity index (χ3v) is 5.37. The Bertz CT molecular complexity index is 928. The zero-order valence-electron chi connectivity index (χ0n) is 16.4. The molecule has 0 aromatic heterocycles. The van der Waals surface area contributed by atoms with Crippen LogP contribution in [0.3, 0.4) is 0 Å². The zero-order valence-corrected chi connectivity index (χ0v) is 17.2. The van der Waals surface area contributed by atoms with Gasteiger partial charge in [0.2, 0.25) is 5.91 Å². The first-order valence-electron chi connectivity index (χ1n) is 9.43. The van der Waals surface area contributed by atoms with Crippen LogP contribution in [-0.4, -0.2) is 29.5 Å². The van der Waals surface area contributed by atoms with E-state index in [9.17, 15) is 9.59 Å². The minimum absolute atomic E-state index is 0.00436. The summed E-state index contributed by atoms with van der Waals surface area (Å²) < 4.78 is 0. The molecule has 29 heavy (non-hydrogen) atoms. The molecule has 0 heterocycles. The van der Waals surface area contributed by atoms with Crippen molar-refractivity contribution in [2.45, 2.75) is 12.3 Å². The molecule has 4 nitrogen and oxygen atoms in total. The highest BCUT2D eigenvalue weighted by Gasteiger charge is 2.12. The van der Waals surface area contributed by atoms with Crippen LogP contribution < -0.4 is 5.32 Å². The van der Waals surface area contributed by atoms with Crippen molar-refractivity contribution in [3.05, 3.63) is 102 Å². The first kappa shape index (κ1) is 20.7. The first-order chi connectivity index (χ1) is 14.1. The molecule has 148 valence electrons. The lowest BCUT2D eigenvalue weighted by molar-refractivity contribution is -0.113. The normalized spacial score (nSPS) is 10.4. The predicted octanol–water partition coefficient (Wildman–Crippen LogP) is 4.83. The van der Waals surface area contributed by atoms with Crippen molar-refractivity contribution in [2.75, 3.05) is 18.1 Å². The molecule has 1 N–H and O–H groups in total. The Balaban J connectivity index is 1.45. The number of thioether (sulfide) groups is 1. The Morgan fingerprint density at radius 2 is 1.45 bits per heavy atom. The summed E-state index contributed by atoms with van der Waals surface area (Å²) in [5.74, 6) is 1.08. The Kier molecular flexibility index (Phi) is 7.47. The maximum Gasteiger partial charge on any atom is 0.253 e. The summed E-state index contributed by atoms with van der Waals surface area (Å²) in [6.07, 6.45) is 0. The number of rotatable bonds is 8. The maximum atomic E-state index is 12.6. The molecule has 0 saturated carbocycles. The van der Waals surface area contributed by atoms with Crippen molar-refractivity contribution in [2.24, 2.45) is 0 Å². The molecule has 0 spiro atoms. The molecule has 0 aliphatic carbocycles. The van der Waals surface area contributed by atoms with Gasteiger partial charge in [0.05, 0.1) is 5.75 Å². The van der Waals surface area contributed by atoms with Gasteiger partial charge in [-0.1, -0.05) is 60.7 Å². The fraction of sp³-hybridized carbons (Fsp3) is 0.167. The van der Waals surface area contributed by atoms with E-state index < -0.39 is 0 Å². The summed E-state index contributed by atoms with van der Waals surface area (Å²) in [4.78, 5) is 26.3. The fourth-order valence-corrected chi connectivity index (χ4v) is 3.66. The van der Waals surface area contributed by atoms with Crippen LogP contribution in [0.1, 0.15) is 21.5 Å². The third-order valence-electron chi connectivity index (χ3n) is 4.37. The smallest absolute Gasteiger partial charge is 0.253 e. The van der Waals surface area contributed by atoms with Gasteiger partial charge in [-0.15, -0.1) is 11.8 Å². The van der Waals surface area contributed by atoms with Crippen molar-refractivity contribution < 1.29 is 9.59 Å². The summed E-state index contributed by atoms with van der Waals surface area (Å²) in [6.45, 7) is 0.577. The second-order valence-corrected chi connectivity index (χ2v) is 7.74. The number of nitrogens with zero attached hydrogens (tertiary/aromatic N) is 1. The van der Waals surface area contributed by atoms with Crippen LogP contribution in [0.4, 0.5) is 5.69 Å². The summed E-state index contributed by atoms with van der Waals surface area (Å²) >= 11 is 1.55. The number of benzene rings is 3. The molecule has 0 aliphatic rings. The van der Waals surface area contributed by atoms with Crippen LogP contribution >= 0.6 is 11.8 Å². The largest absolute Gasteiger partial charge is 0.337 e. The molecule has 2 amide bonds.